The molecule has 1 aromatic rings. The van der Waals surface area contributed by atoms with Gasteiger partial charge in [0.25, 0.3) is 0 Å². The van der Waals surface area contributed by atoms with E-state index in [4.69, 9.17) is 4.74 Å². The lowest BCUT2D eigenvalue weighted by molar-refractivity contribution is 0.0930. The molecule has 1 N–H and O–H groups in total. The average Bonchev–Trinajstić information content (AvgIpc) is 2.40. The average molecular weight is 391 g/mol. The highest BCUT2D eigenvalue weighted by Gasteiger charge is 2.05. The van der Waals surface area contributed by atoms with Crippen LogP contribution in [0.3, 0.4) is 0 Å². The van der Waals surface area contributed by atoms with Crippen LogP contribution in [0, 0.1) is 5.92 Å². The van der Waals surface area contributed by atoms with E-state index in [0.717, 1.165) is 19.1 Å². The van der Waals surface area contributed by atoms with Crippen LogP contribution in [0.25, 0.3) is 0 Å². The monoisotopic (exact) mass is 391 g/mol. The third kappa shape index (κ3) is 7.69. The molecule has 0 saturated heterocycles. The number of hydrogen-bond donors (Lipinski definition) is 1. The molecule has 0 heterocycles. The number of benzene rings is 1. The molecule has 0 radical (unpaired) electrons. The first-order valence-electron chi connectivity index (χ1n) is 6.63. The van der Waals surface area contributed by atoms with E-state index in [9.17, 15) is 0 Å². The molecule has 20 heavy (non-hydrogen) atoms. The predicted octanol–water partition coefficient (Wildman–Crippen LogP) is 2.59. The van der Waals surface area contributed by atoms with Gasteiger partial charge in [0.15, 0.2) is 5.96 Å². The first-order chi connectivity index (χ1) is 9.13. The summed E-state index contributed by atoms with van der Waals surface area (Å²) < 4.78 is 5.71. The molecular formula is C15H26IN3O. The summed E-state index contributed by atoms with van der Waals surface area (Å²) in [6, 6.07) is 10.2. The second-order valence-corrected chi connectivity index (χ2v) is 4.93. The first-order valence-corrected chi connectivity index (χ1v) is 6.63. The second kappa shape index (κ2) is 10.9. The number of hydrogen-bond acceptors (Lipinski definition) is 2. The Balaban J connectivity index is 0.00000361. The Morgan fingerprint density at radius 2 is 1.95 bits per heavy atom. The number of nitrogens with zero attached hydrogens (tertiary/aromatic N) is 2. The summed E-state index contributed by atoms with van der Waals surface area (Å²) in [5, 5.41) is 3.31. The molecule has 0 aliphatic carbocycles. The number of guanidine groups is 1. The molecule has 0 aromatic heterocycles. The Morgan fingerprint density at radius 3 is 2.50 bits per heavy atom. The van der Waals surface area contributed by atoms with Gasteiger partial charge in [-0.2, -0.15) is 0 Å². The molecule has 1 rings (SSSR count). The largest absolute Gasteiger partial charge is 0.376 e. The highest BCUT2D eigenvalue weighted by molar-refractivity contribution is 14.0. The van der Waals surface area contributed by atoms with Crippen molar-refractivity contribution in [3.63, 3.8) is 0 Å². The zero-order chi connectivity index (χ0) is 14.1. The van der Waals surface area contributed by atoms with Crippen molar-refractivity contribution in [2.45, 2.75) is 13.5 Å². The molecule has 1 unspecified atom stereocenters. The van der Waals surface area contributed by atoms with Crippen LogP contribution in [0.4, 0.5) is 0 Å². The minimum absolute atomic E-state index is 0. The van der Waals surface area contributed by atoms with Gasteiger partial charge in [-0.1, -0.05) is 37.3 Å². The highest BCUT2D eigenvalue weighted by atomic mass is 127. The minimum Gasteiger partial charge on any atom is -0.376 e. The summed E-state index contributed by atoms with van der Waals surface area (Å²) in [7, 11) is 5.75. The first kappa shape index (κ1) is 19.2. The van der Waals surface area contributed by atoms with Crippen molar-refractivity contribution >= 4 is 29.9 Å². The van der Waals surface area contributed by atoms with Crippen LogP contribution in [0.5, 0.6) is 0 Å². The molecule has 4 nitrogen and oxygen atoms in total. The van der Waals surface area contributed by atoms with Crippen molar-refractivity contribution in [1.29, 1.82) is 0 Å². The van der Waals surface area contributed by atoms with Crippen LogP contribution in [0.1, 0.15) is 12.5 Å². The van der Waals surface area contributed by atoms with Crippen molar-refractivity contribution in [1.82, 2.24) is 10.2 Å². The van der Waals surface area contributed by atoms with Crippen LogP contribution in [0.2, 0.25) is 0 Å². The van der Waals surface area contributed by atoms with E-state index in [-0.39, 0.29) is 24.0 Å². The summed E-state index contributed by atoms with van der Waals surface area (Å²) in [5.74, 6) is 1.34. The Morgan fingerprint density at radius 1 is 1.30 bits per heavy atom. The third-order valence-electron chi connectivity index (χ3n) is 2.76. The summed E-state index contributed by atoms with van der Waals surface area (Å²) in [6.45, 7) is 4.44. The Labute approximate surface area is 139 Å². The summed E-state index contributed by atoms with van der Waals surface area (Å²) in [6.07, 6.45) is 0. The van der Waals surface area contributed by atoms with E-state index in [1.165, 1.54) is 5.56 Å². The number of rotatable bonds is 6. The Kier molecular flexibility index (Phi) is 10.5. The fraction of sp³-hybridized carbons (Fsp3) is 0.533. The van der Waals surface area contributed by atoms with Crippen molar-refractivity contribution in [2.24, 2.45) is 10.9 Å². The summed E-state index contributed by atoms with van der Waals surface area (Å²) in [4.78, 5) is 6.15. The second-order valence-electron chi connectivity index (χ2n) is 4.93. The predicted molar refractivity (Wildman–Crippen MR) is 95.7 cm³/mol. The number of aliphatic imine (C=N–C) groups is 1. The van der Waals surface area contributed by atoms with Gasteiger partial charge >= 0.3 is 0 Å². The molecule has 5 heteroatoms. The zero-order valence-corrected chi connectivity index (χ0v) is 15.1. The van der Waals surface area contributed by atoms with E-state index in [1.807, 2.05) is 37.2 Å². The van der Waals surface area contributed by atoms with Crippen LogP contribution < -0.4 is 5.32 Å². The Bertz CT molecular complexity index is 382. The molecule has 0 fully saturated rings. The smallest absolute Gasteiger partial charge is 0.193 e. The summed E-state index contributed by atoms with van der Waals surface area (Å²) >= 11 is 0. The molecule has 114 valence electrons. The minimum atomic E-state index is 0. The number of ether oxygens (including phenoxy) is 1. The quantitative estimate of drug-likeness (QED) is 0.460. The lowest BCUT2D eigenvalue weighted by Gasteiger charge is -2.19. The molecule has 0 aliphatic heterocycles. The normalized spacial score (nSPS) is 12.5. The van der Waals surface area contributed by atoms with Crippen molar-refractivity contribution < 1.29 is 4.74 Å². The lowest BCUT2D eigenvalue weighted by Crippen LogP contribution is -2.39. The SMILES string of the molecule is CN=C(NCC(C)COCc1ccccc1)N(C)C.I. The van der Waals surface area contributed by atoms with E-state index in [1.54, 1.807) is 7.05 Å². The molecular weight excluding hydrogens is 365 g/mol. The molecule has 0 saturated carbocycles. The maximum Gasteiger partial charge on any atom is 0.193 e. The van der Waals surface area contributed by atoms with Gasteiger partial charge in [-0.15, -0.1) is 24.0 Å². The maximum absolute atomic E-state index is 5.71. The van der Waals surface area contributed by atoms with Gasteiger partial charge < -0.3 is 15.0 Å². The van der Waals surface area contributed by atoms with Gasteiger partial charge in [0.1, 0.15) is 0 Å². The van der Waals surface area contributed by atoms with Crippen LogP contribution in [-0.2, 0) is 11.3 Å². The van der Waals surface area contributed by atoms with Crippen LogP contribution in [0.15, 0.2) is 35.3 Å². The van der Waals surface area contributed by atoms with E-state index >= 15 is 0 Å². The molecule has 0 bridgehead atoms. The fourth-order valence-electron chi connectivity index (χ4n) is 1.71. The van der Waals surface area contributed by atoms with Crippen LogP contribution >= 0.6 is 24.0 Å². The fourth-order valence-corrected chi connectivity index (χ4v) is 1.71. The number of halogens is 1. The van der Waals surface area contributed by atoms with E-state index in [0.29, 0.717) is 12.5 Å². The zero-order valence-electron chi connectivity index (χ0n) is 12.8. The van der Waals surface area contributed by atoms with Gasteiger partial charge in [0.05, 0.1) is 13.2 Å². The molecule has 0 amide bonds. The molecule has 0 aliphatic rings. The third-order valence-corrected chi connectivity index (χ3v) is 2.76. The van der Waals surface area contributed by atoms with Gasteiger partial charge in [0.2, 0.25) is 0 Å². The van der Waals surface area contributed by atoms with Crippen molar-refractivity contribution in [2.75, 3.05) is 34.3 Å². The molecule has 1 aromatic carbocycles. The van der Waals surface area contributed by atoms with Crippen molar-refractivity contribution in [3.8, 4) is 0 Å². The molecule has 0 spiro atoms. The van der Waals surface area contributed by atoms with Gasteiger partial charge in [-0.05, 0) is 11.5 Å². The standard InChI is InChI=1S/C15H25N3O.HI/c1-13(10-17-15(16-2)18(3)4)11-19-12-14-8-6-5-7-9-14;/h5-9,13H,10-12H2,1-4H3,(H,16,17);1H. The van der Waals surface area contributed by atoms with Gasteiger partial charge in [0, 0.05) is 27.7 Å². The highest BCUT2D eigenvalue weighted by Crippen LogP contribution is 2.02. The van der Waals surface area contributed by atoms with Crippen LogP contribution in [-0.4, -0.2) is 45.2 Å². The Hall–Kier alpha value is -0.820. The lowest BCUT2D eigenvalue weighted by atomic mass is 10.2. The summed E-state index contributed by atoms with van der Waals surface area (Å²) in [5.41, 5.74) is 1.21. The van der Waals surface area contributed by atoms with Crippen molar-refractivity contribution in [3.05, 3.63) is 35.9 Å². The topological polar surface area (TPSA) is 36.9 Å². The van der Waals surface area contributed by atoms with Gasteiger partial charge in [-0.3, -0.25) is 4.99 Å². The van der Waals surface area contributed by atoms with Gasteiger partial charge in [-0.25, -0.2) is 0 Å². The maximum atomic E-state index is 5.71. The molecule has 1 atom stereocenters. The van der Waals surface area contributed by atoms with E-state index < -0.39 is 0 Å². The number of nitrogens with one attached hydrogen (secondary N) is 1. The van der Waals surface area contributed by atoms with E-state index in [2.05, 4.69) is 29.4 Å².